The van der Waals surface area contributed by atoms with Crippen molar-refractivity contribution in [1.29, 1.82) is 0 Å². The number of rotatable bonds is 7. The van der Waals surface area contributed by atoms with Gasteiger partial charge in [-0.05, 0) is 95.9 Å². The molecule has 0 atom stereocenters. The second kappa shape index (κ2) is 30.3. The molecule has 0 heterocycles. The molecule has 0 aliphatic heterocycles. The van der Waals surface area contributed by atoms with Gasteiger partial charge >= 0.3 is 167 Å². The van der Waals surface area contributed by atoms with E-state index in [4.69, 9.17) is 4.74 Å². The average Bonchev–Trinajstić information content (AvgIpc) is 3.14. The standard InChI is InChI=1S/C16H18I.C13H12IO.C12H10I.18FH.3Sb/c1-16(2,3)13-9-11-15(12-10-13)17-14-7-5-4-6-8-14;1-15-13-9-7-12(8-10-13)14-11-5-3-2-4-6-11;1-3-7-11(8-4-1)13-12-9-5-2-6-10-12;;;;;;;;;;;;;;;;;;;;;/h4-12H,1-3H3;2-10H,1H3;1-10H;18*1H;;;/q3*+1;;;;;;;;;;;;;;;;;;;3*+5/p-18. The quantitative estimate of drug-likeness (QED) is 0.0939. The van der Waals surface area contributed by atoms with Crippen LogP contribution in [0.25, 0.3) is 0 Å². The van der Waals surface area contributed by atoms with Crippen molar-refractivity contribution >= 4 is 60.9 Å². The Hall–Kier alpha value is -1.50. The van der Waals surface area contributed by atoms with Gasteiger partial charge in [0.2, 0.25) is 0 Å². The van der Waals surface area contributed by atoms with E-state index in [1.807, 2.05) is 12.1 Å². The second-order valence-corrected chi connectivity index (χ2v) is 32.8. The SMILES string of the molecule is CC(C)(C)c1ccc([I+]c2ccccc2)cc1.COc1ccc([I+]c2ccccc2)cc1.[F-].[F-].[F-].[F][Sb]([F])([F])([F])[F].[F][Sb]([F])([F])([F])[F].[F][Sb]([F])([F])([F])[F].c1ccc([I+]c2ccccc2)cc1. The van der Waals surface area contributed by atoms with Crippen molar-refractivity contribution in [3.63, 3.8) is 0 Å². The van der Waals surface area contributed by atoms with Gasteiger partial charge in [0.25, 0.3) is 0 Å². The number of ether oxygens (including phenoxy) is 1. The summed E-state index contributed by atoms with van der Waals surface area (Å²) in [5.41, 5.74) is 1.67. The Labute approximate surface area is 416 Å². The van der Waals surface area contributed by atoms with Crippen molar-refractivity contribution in [2.24, 2.45) is 0 Å². The van der Waals surface area contributed by atoms with E-state index in [-0.39, 0.29) is 83.1 Å². The fraction of sp³-hybridized carbons (Fsp3) is 0.122. The summed E-state index contributed by atoms with van der Waals surface area (Å²) in [4.78, 5) is 0. The summed E-state index contributed by atoms with van der Waals surface area (Å²) in [6.07, 6.45) is 0. The van der Waals surface area contributed by atoms with Crippen molar-refractivity contribution in [1.82, 2.24) is 0 Å². The van der Waals surface area contributed by atoms with Crippen LogP contribution in [0.4, 0.5) is 42.2 Å². The molecule has 0 saturated heterocycles. The van der Waals surface area contributed by atoms with Crippen LogP contribution in [0.3, 0.4) is 0 Å². The van der Waals surface area contributed by atoms with Gasteiger partial charge in [-0.2, -0.15) is 0 Å². The molecule has 0 unspecified atom stereocenters. The predicted molar refractivity (Wildman–Crippen MR) is 210 cm³/mol. The van der Waals surface area contributed by atoms with Crippen LogP contribution >= 0.6 is 0 Å². The topological polar surface area (TPSA) is 9.23 Å². The third-order valence-electron chi connectivity index (χ3n) is 6.35. The zero-order chi connectivity index (χ0) is 48.1. The Morgan fingerprint density at radius 3 is 0.682 bits per heavy atom. The van der Waals surface area contributed by atoms with E-state index in [9.17, 15) is 42.2 Å². The molecule has 25 heteroatoms. The maximum absolute atomic E-state index is 9.91. The molecule has 0 aromatic heterocycles. The first-order chi connectivity index (χ1) is 28.6. The molecule has 372 valence electrons. The van der Waals surface area contributed by atoms with Crippen molar-refractivity contribution < 1.29 is 125 Å². The molecule has 0 N–H and O–H groups in total. The molecule has 6 rings (SSSR count). The number of methoxy groups -OCH3 is 1. The maximum atomic E-state index is 9.91. The van der Waals surface area contributed by atoms with Crippen LogP contribution in [0.5, 0.6) is 5.75 Å². The third kappa shape index (κ3) is 47.6. The molecule has 0 spiro atoms. The van der Waals surface area contributed by atoms with Crippen LogP contribution in [0, 0.1) is 21.4 Å². The zero-order valence-electron chi connectivity index (χ0n) is 34.4. The molecule has 0 aliphatic carbocycles. The van der Waals surface area contributed by atoms with Crippen LogP contribution in [0.15, 0.2) is 170 Å². The monoisotopic (exact) mass is 1630 g/mol. The molecule has 6 aromatic carbocycles. The summed E-state index contributed by atoms with van der Waals surface area (Å²) in [6, 6.07) is 60.3. The molecule has 0 radical (unpaired) electrons. The number of hydrogen-bond donors (Lipinski definition) is 0. The minimum absolute atomic E-state index is 0. The summed E-state index contributed by atoms with van der Waals surface area (Å²) in [6.45, 7) is 6.77. The van der Waals surface area contributed by atoms with Crippen LogP contribution in [-0.2, 0) is 5.41 Å². The molecule has 6 aromatic rings. The van der Waals surface area contributed by atoms with Crippen molar-refractivity contribution in [3.05, 3.63) is 197 Å². The molecule has 0 saturated carbocycles. The molecule has 0 fully saturated rings. The Morgan fingerprint density at radius 2 is 0.500 bits per heavy atom. The summed E-state index contributed by atoms with van der Waals surface area (Å²) < 4.78 is 163. The van der Waals surface area contributed by atoms with E-state index >= 15 is 0 Å². The first-order valence-corrected chi connectivity index (χ1v) is 38.3. The van der Waals surface area contributed by atoms with Gasteiger partial charge in [0.1, 0.15) is 5.75 Å². The molecular formula is C41H40F18I3OSb3. The van der Waals surface area contributed by atoms with Crippen molar-refractivity contribution in [3.8, 4) is 5.75 Å². The zero-order valence-corrected chi connectivity index (χ0v) is 48.5. The van der Waals surface area contributed by atoms with Gasteiger partial charge in [0.15, 0.2) is 21.4 Å². The first kappa shape index (κ1) is 68.8. The Kier molecular flexibility index (Phi) is 31.6. The predicted octanol–water partition coefficient (Wildman–Crippen LogP) is -3.08. The largest absolute Gasteiger partial charge is 0.357 e. The summed E-state index contributed by atoms with van der Waals surface area (Å²) in [7, 11) is 1.70. The number of hydrogen-bond acceptors (Lipinski definition) is 1. The molecule has 0 bridgehead atoms. The minimum atomic E-state index is -9.19. The fourth-order valence-corrected chi connectivity index (χ4v) is 10.6. The molecule has 1 nitrogen and oxygen atoms in total. The van der Waals surface area contributed by atoms with E-state index in [1.165, 1.54) is 27.0 Å². The van der Waals surface area contributed by atoms with E-state index in [2.05, 4.69) is 178 Å². The van der Waals surface area contributed by atoms with Crippen LogP contribution in [0.2, 0.25) is 0 Å². The Morgan fingerprint density at radius 1 is 0.318 bits per heavy atom. The van der Waals surface area contributed by atoms with Crippen LogP contribution in [0.1, 0.15) is 26.3 Å². The average molecular weight is 1640 g/mol. The van der Waals surface area contributed by atoms with E-state index in [1.54, 1.807) is 7.11 Å². The minimum Gasteiger partial charge on any atom is -0.0619 e. The van der Waals surface area contributed by atoms with Gasteiger partial charge in [-0.1, -0.05) is 106 Å². The van der Waals surface area contributed by atoms with Gasteiger partial charge in [-0.3, -0.25) is 0 Å². The van der Waals surface area contributed by atoms with Gasteiger partial charge in [0, 0.05) is 0 Å². The van der Waals surface area contributed by atoms with Crippen molar-refractivity contribution in [2.75, 3.05) is 7.11 Å². The number of halogens is 21. The summed E-state index contributed by atoms with van der Waals surface area (Å²) in [5, 5.41) is 0. The van der Waals surface area contributed by atoms with Crippen LogP contribution < -0.4 is 82.5 Å². The molecule has 0 amide bonds. The smallest absolute Gasteiger partial charge is 0.0619 e. The van der Waals surface area contributed by atoms with Crippen LogP contribution in [-0.4, -0.2) is 68.0 Å². The molecule has 66 heavy (non-hydrogen) atoms. The Bertz CT molecular complexity index is 2040. The molecular weight excluding hydrogens is 1600 g/mol. The molecule has 0 aliphatic rings. The Balaban J connectivity index is -0.000000753. The maximum Gasteiger partial charge on any atom is 0.357 e. The first-order valence-electron chi connectivity index (χ1n) is 17.3. The van der Waals surface area contributed by atoms with Gasteiger partial charge < -0.3 is 18.9 Å². The second-order valence-electron chi connectivity index (χ2n) is 12.8. The fourth-order valence-electron chi connectivity index (χ4n) is 3.94. The van der Waals surface area contributed by atoms with Gasteiger partial charge in [-0.15, -0.1) is 0 Å². The number of benzene rings is 6. The van der Waals surface area contributed by atoms with E-state index < -0.39 is 60.9 Å². The van der Waals surface area contributed by atoms with Gasteiger partial charge in [0.05, 0.1) is 7.11 Å². The normalized spacial score (nSPS) is 12.4. The van der Waals surface area contributed by atoms with E-state index in [0.717, 1.165) is 5.75 Å². The summed E-state index contributed by atoms with van der Waals surface area (Å²) in [5.74, 6) is 0.927. The van der Waals surface area contributed by atoms with Crippen molar-refractivity contribution in [2.45, 2.75) is 26.2 Å². The third-order valence-corrected chi connectivity index (χ3v) is 14.4. The van der Waals surface area contributed by atoms with E-state index in [0.29, 0.717) is 0 Å². The van der Waals surface area contributed by atoms with Gasteiger partial charge in [-0.25, -0.2) is 0 Å². The summed E-state index contributed by atoms with van der Waals surface area (Å²) >= 11 is -27.6.